The first-order valence-electron chi connectivity index (χ1n) is 7.26. The van der Waals surface area contributed by atoms with Crippen LogP contribution in [-0.4, -0.2) is 13.9 Å². The standard InChI is InChI=1S/C17H20BrFN2OS/c1-17(2,3)23(22)21-15(16-14(18)5-4-10-20-16)13-8-6-12(11-19)7-9-13/h4-10,15,21H,11H2,1-3H3/t15?,23-/m0/s1. The molecule has 0 bridgehead atoms. The van der Waals surface area contributed by atoms with Gasteiger partial charge in [-0.2, -0.15) is 0 Å². The molecule has 23 heavy (non-hydrogen) atoms. The largest absolute Gasteiger partial charge is 0.258 e. The summed E-state index contributed by atoms with van der Waals surface area (Å²) in [7, 11) is -1.27. The number of hydrogen-bond acceptors (Lipinski definition) is 2. The molecule has 0 aliphatic heterocycles. The summed E-state index contributed by atoms with van der Waals surface area (Å²) in [6, 6.07) is 10.5. The van der Waals surface area contributed by atoms with Crippen LogP contribution >= 0.6 is 15.9 Å². The minimum absolute atomic E-state index is 0.348. The third-order valence-corrected chi connectivity index (χ3v) is 5.54. The molecule has 0 saturated heterocycles. The van der Waals surface area contributed by atoms with E-state index in [2.05, 4.69) is 25.6 Å². The SMILES string of the molecule is CC(C)(C)[S@](=O)NC(c1ccc(CF)cc1)c1ncccc1Br. The van der Waals surface area contributed by atoms with Gasteiger partial charge in [-0.25, -0.2) is 13.3 Å². The molecule has 0 spiro atoms. The first-order valence-corrected chi connectivity index (χ1v) is 9.20. The second-order valence-electron chi connectivity index (χ2n) is 6.18. The first-order chi connectivity index (χ1) is 10.8. The van der Waals surface area contributed by atoms with E-state index in [4.69, 9.17) is 0 Å². The molecule has 1 aromatic carbocycles. The summed E-state index contributed by atoms with van der Waals surface area (Å²) in [5.74, 6) is 0. The van der Waals surface area contributed by atoms with Crippen molar-refractivity contribution < 1.29 is 8.60 Å². The van der Waals surface area contributed by atoms with E-state index in [1.807, 2.05) is 45.0 Å². The molecule has 2 aromatic rings. The number of hydrogen-bond donors (Lipinski definition) is 1. The fourth-order valence-corrected chi connectivity index (χ4v) is 3.27. The molecule has 3 nitrogen and oxygen atoms in total. The van der Waals surface area contributed by atoms with Crippen molar-refractivity contribution in [3.63, 3.8) is 0 Å². The number of benzene rings is 1. The summed E-state index contributed by atoms with van der Waals surface area (Å²) >= 11 is 3.50. The van der Waals surface area contributed by atoms with Crippen molar-refractivity contribution in [1.82, 2.24) is 9.71 Å². The zero-order valence-electron chi connectivity index (χ0n) is 13.3. The lowest BCUT2D eigenvalue weighted by Gasteiger charge is -2.25. The Hall–Kier alpha value is -1.11. The number of pyridine rings is 1. The van der Waals surface area contributed by atoms with Crippen LogP contribution < -0.4 is 4.72 Å². The summed E-state index contributed by atoms with van der Waals surface area (Å²) in [6.45, 7) is 5.23. The Morgan fingerprint density at radius 3 is 2.43 bits per heavy atom. The highest BCUT2D eigenvalue weighted by molar-refractivity contribution is 9.10. The Morgan fingerprint density at radius 1 is 1.26 bits per heavy atom. The molecule has 0 amide bonds. The maximum absolute atomic E-state index is 12.7. The maximum Gasteiger partial charge on any atom is 0.115 e. The van der Waals surface area contributed by atoms with E-state index in [-0.39, 0.29) is 6.04 Å². The predicted octanol–water partition coefficient (Wildman–Crippen LogP) is 4.45. The van der Waals surface area contributed by atoms with Crippen molar-refractivity contribution in [3.05, 3.63) is 63.9 Å². The fourth-order valence-electron chi connectivity index (χ4n) is 1.98. The molecule has 0 radical (unpaired) electrons. The van der Waals surface area contributed by atoms with Crippen molar-refractivity contribution in [1.29, 1.82) is 0 Å². The van der Waals surface area contributed by atoms with Gasteiger partial charge in [0.1, 0.15) is 6.67 Å². The van der Waals surface area contributed by atoms with Crippen molar-refractivity contribution in [2.24, 2.45) is 0 Å². The van der Waals surface area contributed by atoms with Gasteiger partial charge in [-0.15, -0.1) is 0 Å². The molecule has 0 aliphatic carbocycles. The number of aromatic nitrogens is 1. The molecule has 1 aromatic heterocycles. The van der Waals surface area contributed by atoms with Gasteiger partial charge in [0.05, 0.1) is 27.5 Å². The van der Waals surface area contributed by atoms with Crippen LogP contribution in [0.4, 0.5) is 4.39 Å². The van der Waals surface area contributed by atoms with Crippen LogP contribution in [0.1, 0.15) is 43.6 Å². The fraction of sp³-hybridized carbons (Fsp3) is 0.353. The Morgan fingerprint density at radius 2 is 1.91 bits per heavy atom. The summed E-state index contributed by atoms with van der Waals surface area (Å²) < 4.78 is 28.9. The maximum atomic E-state index is 12.7. The van der Waals surface area contributed by atoms with E-state index < -0.39 is 22.4 Å². The number of alkyl halides is 1. The van der Waals surface area contributed by atoms with Gasteiger partial charge in [0.25, 0.3) is 0 Å². The van der Waals surface area contributed by atoms with Gasteiger partial charge in [0, 0.05) is 10.7 Å². The zero-order chi connectivity index (χ0) is 17.0. The smallest absolute Gasteiger partial charge is 0.115 e. The molecule has 0 aliphatic rings. The number of nitrogens with zero attached hydrogens (tertiary/aromatic N) is 1. The van der Waals surface area contributed by atoms with E-state index in [9.17, 15) is 8.60 Å². The average molecular weight is 399 g/mol. The summed E-state index contributed by atoms with van der Waals surface area (Å²) in [6.07, 6.45) is 1.70. The molecule has 2 atom stereocenters. The molecule has 0 fully saturated rings. The molecule has 0 saturated carbocycles. The summed E-state index contributed by atoms with van der Waals surface area (Å²) in [5, 5.41) is 0. The highest BCUT2D eigenvalue weighted by Gasteiger charge is 2.26. The Labute approximate surface area is 147 Å². The molecule has 6 heteroatoms. The van der Waals surface area contributed by atoms with Crippen LogP contribution in [0.3, 0.4) is 0 Å². The number of halogens is 2. The van der Waals surface area contributed by atoms with Crippen LogP contribution in [0.2, 0.25) is 0 Å². The van der Waals surface area contributed by atoms with Crippen LogP contribution in [0, 0.1) is 0 Å². The van der Waals surface area contributed by atoms with Gasteiger partial charge >= 0.3 is 0 Å². The second kappa shape index (κ2) is 7.64. The van der Waals surface area contributed by atoms with Crippen LogP contribution in [0.5, 0.6) is 0 Å². The number of nitrogens with one attached hydrogen (secondary N) is 1. The Kier molecular flexibility index (Phi) is 6.06. The van der Waals surface area contributed by atoms with E-state index in [1.54, 1.807) is 18.3 Å². The van der Waals surface area contributed by atoms with E-state index in [1.165, 1.54) is 0 Å². The predicted molar refractivity (Wildman–Crippen MR) is 96.1 cm³/mol. The van der Waals surface area contributed by atoms with Crippen molar-refractivity contribution in [2.75, 3.05) is 0 Å². The van der Waals surface area contributed by atoms with Crippen molar-refractivity contribution in [2.45, 2.75) is 38.2 Å². The molecular formula is C17H20BrFN2OS. The van der Waals surface area contributed by atoms with Crippen molar-refractivity contribution in [3.8, 4) is 0 Å². The van der Waals surface area contributed by atoms with Crippen LogP contribution in [0.25, 0.3) is 0 Å². The molecular weight excluding hydrogens is 379 g/mol. The quantitative estimate of drug-likeness (QED) is 0.807. The highest BCUT2D eigenvalue weighted by Crippen LogP contribution is 2.28. The van der Waals surface area contributed by atoms with Gasteiger partial charge in [0.2, 0.25) is 0 Å². The van der Waals surface area contributed by atoms with Gasteiger partial charge in [0.15, 0.2) is 0 Å². The Balaban J connectivity index is 2.42. The van der Waals surface area contributed by atoms with Crippen LogP contribution in [-0.2, 0) is 17.7 Å². The van der Waals surface area contributed by atoms with E-state index >= 15 is 0 Å². The van der Waals surface area contributed by atoms with Gasteiger partial charge in [-0.3, -0.25) is 4.98 Å². The molecule has 1 unspecified atom stereocenters. The van der Waals surface area contributed by atoms with E-state index in [0.717, 1.165) is 15.7 Å². The van der Waals surface area contributed by atoms with Crippen molar-refractivity contribution >= 4 is 26.9 Å². The lowest BCUT2D eigenvalue weighted by molar-refractivity contribution is 0.485. The normalized spacial score (nSPS) is 14.5. The molecule has 1 N–H and O–H groups in total. The van der Waals surface area contributed by atoms with Gasteiger partial charge in [-0.05, 0) is 60.0 Å². The van der Waals surface area contributed by atoms with E-state index in [0.29, 0.717) is 5.56 Å². The molecule has 1 heterocycles. The first kappa shape index (κ1) is 18.2. The lowest BCUT2D eigenvalue weighted by atomic mass is 10.0. The monoisotopic (exact) mass is 398 g/mol. The number of rotatable bonds is 5. The molecule has 2 rings (SSSR count). The second-order valence-corrected chi connectivity index (χ2v) is 9.03. The molecule has 124 valence electrons. The Bertz CT molecular complexity index is 686. The van der Waals surface area contributed by atoms with Gasteiger partial charge in [-0.1, -0.05) is 24.3 Å². The van der Waals surface area contributed by atoms with Crippen LogP contribution in [0.15, 0.2) is 47.1 Å². The third-order valence-electron chi connectivity index (χ3n) is 3.31. The highest BCUT2D eigenvalue weighted by atomic mass is 79.9. The third kappa shape index (κ3) is 4.68. The minimum atomic E-state index is -1.27. The zero-order valence-corrected chi connectivity index (χ0v) is 15.7. The topological polar surface area (TPSA) is 42.0 Å². The van der Waals surface area contributed by atoms with Gasteiger partial charge < -0.3 is 0 Å². The summed E-state index contributed by atoms with van der Waals surface area (Å²) in [5.41, 5.74) is 2.25. The summed E-state index contributed by atoms with van der Waals surface area (Å²) in [4.78, 5) is 4.41. The lowest BCUT2D eigenvalue weighted by Crippen LogP contribution is -2.36. The minimum Gasteiger partial charge on any atom is -0.258 e. The average Bonchev–Trinajstić information content (AvgIpc) is 2.52.